The van der Waals surface area contributed by atoms with Gasteiger partial charge in [-0.15, -0.1) is 0 Å². The Kier molecular flexibility index (Phi) is 5.56. The fraction of sp³-hybridized carbons (Fsp3) is 0.423. The van der Waals surface area contributed by atoms with E-state index in [9.17, 15) is 14.4 Å². The molecular weight excluding hydrogens is 420 g/mol. The zero-order valence-electron chi connectivity index (χ0n) is 18.5. The molecule has 2 fully saturated rings. The van der Waals surface area contributed by atoms with Crippen molar-refractivity contribution < 1.29 is 24.2 Å². The molecule has 3 aliphatic carbocycles. The highest BCUT2D eigenvalue weighted by Crippen LogP contribution is 2.50. The Morgan fingerprint density at radius 3 is 2.27 bits per heavy atom. The molecule has 0 aromatic heterocycles. The first-order chi connectivity index (χ1) is 15.9. The molecule has 0 bridgehead atoms. The van der Waals surface area contributed by atoms with Crippen LogP contribution in [0.3, 0.4) is 0 Å². The molecule has 33 heavy (non-hydrogen) atoms. The molecule has 2 aromatic carbocycles. The molecule has 0 aliphatic heterocycles. The minimum atomic E-state index is -1.04. The Labute approximate surface area is 192 Å². The van der Waals surface area contributed by atoms with Crippen LogP contribution < -0.4 is 10.6 Å². The fourth-order valence-electron chi connectivity index (χ4n) is 5.79. The summed E-state index contributed by atoms with van der Waals surface area (Å²) < 4.78 is 5.65. The number of benzene rings is 2. The normalized spacial score (nSPS) is 25.7. The van der Waals surface area contributed by atoms with Gasteiger partial charge < -0.3 is 20.5 Å². The van der Waals surface area contributed by atoms with Gasteiger partial charge in [0.15, 0.2) is 0 Å². The Balaban J connectivity index is 1.14. The standard InChI is InChI=1S/C26H28N2O5/c1-14(25(30)31)27-24(29)16-10-15-12-23(21(15)11-16)28-26(32)33-13-22-19-8-4-2-6-17(19)18-7-3-5-9-20(18)22/h2-9,14-16,21-23H,10-13H2,1H3,(H,27,29)(H,28,32)(H,30,31)/t14?,15-,16?,21-,23+/m1/s1. The number of rotatable bonds is 6. The van der Waals surface area contributed by atoms with E-state index in [2.05, 4.69) is 34.9 Å². The number of carboxylic acid groups (broad SMARTS) is 1. The molecule has 0 radical (unpaired) electrons. The summed E-state index contributed by atoms with van der Waals surface area (Å²) in [5.74, 6) is -0.802. The predicted octanol–water partition coefficient (Wildman–Crippen LogP) is 3.53. The van der Waals surface area contributed by atoms with Crippen LogP contribution in [0.15, 0.2) is 48.5 Å². The van der Waals surface area contributed by atoms with E-state index in [0.29, 0.717) is 12.3 Å². The number of ether oxygens (including phenoxy) is 1. The lowest BCUT2D eigenvalue weighted by atomic mass is 9.71. The van der Waals surface area contributed by atoms with Crippen molar-refractivity contribution in [2.75, 3.05) is 6.61 Å². The summed E-state index contributed by atoms with van der Waals surface area (Å²) in [6, 6.07) is 15.6. The number of carboxylic acids is 1. The van der Waals surface area contributed by atoms with Crippen molar-refractivity contribution in [3.05, 3.63) is 59.7 Å². The SMILES string of the molecule is CC(NC(=O)C1C[C@@H]2C[C@H](NC(=O)OCC3c4ccccc4-c4ccccc43)[C@@H]2C1)C(=O)O. The molecule has 3 N–H and O–H groups in total. The monoisotopic (exact) mass is 448 g/mol. The number of carbonyl (C=O) groups excluding carboxylic acids is 2. The second-order valence-corrected chi connectivity index (χ2v) is 9.47. The number of fused-ring (bicyclic) bond motifs is 4. The molecule has 7 nitrogen and oxygen atoms in total. The summed E-state index contributed by atoms with van der Waals surface area (Å²) in [5, 5.41) is 14.5. The maximum absolute atomic E-state index is 12.6. The van der Waals surface area contributed by atoms with Gasteiger partial charge in [-0.2, -0.15) is 0 Å². The highest BCUT2D eigenvalue weighted by Gasteiger charge is 2.50. The van der Waals surface area contributed by atoms with Gasteiger partial charge >= 0.3 is 12.1 Å². The molecule has 3 aliphatic rings. The third-order valence-corrected chi connectivity index (χ3v) is 7.57. The number of hydrogen-bond donors (Lipinski definition) is 3. The smallest absolute Gasteiger partial charge is 0.407 e. The maximum Gasteiger partial charge on any atom is 0.407 e. The van der Waals surface area contributed by atoms with Gasteiger partial charge in [-0.1, -0.05) is 48.5 Å². The molecule has 5 atom stereocenters. The van der Waals surface area contributed by atoms with Crippen molar-refractivity contribution in [3.8, 4) is 11.1 Å². The average Bonchev–Trinajstić information content (AvgIpc) is 3.31. The Morgan fingerprint density at radius 1 is 1.00 bits per heavy atom. The van der Waals surface area contributed by atoms with Crippen LogP contribution in [-0.4, -0.2) is 41.8 Å². The van der Waals surface area contributed by atoms with Gasteiger partial charge in [0.1, 0.15) is 12.6 Å². The maximum atomic E-state index is 12.6. The topological polar surface area (TPSA) is 105 Å². The molecule has 2 saturated carbocycles. The molecule has 2 aromatic rings. The molecule has 172 valence electrons. The first kappa shape index (κ1) is 21.5. The van der Waals surface area contributed by atoms with Crippen LogP contribution >= 0.6 is 0 Å². The van der Waals surface area contributed by atoms with Gasteiger partial charge in [0.05, 0.1) is 0 Å². The first-order valence-corrected chi connectivity index (χ1v) is 11.6. The van der Waals surface area contributed by atoms with E-state index in [-0.39, 0.29) is 36.3 Å². The molecule has 2 unspecified atom stereocenters. The Bertz CT molecular complexity index is 1050. The van der Waals surface area contributed by atoms with E-state index in [1.807, 2.05) is 24.3 Å². The summed E-state index contributed by atoms with van der Waals surface area (Å²) in [6.45, 7) is 1.74. The summed E-state index contributed by atoms with van der Waals surface area (Å²) >= 11 is 0. The van der Waals surface area contributed by atoms with Crippen molar-refractivity contribution in [2.45, 2.75) is 44.2 Å². The van der Waals surface area contributed by atoms with Gasteiger partial charge in [-0.3, -0.25) is 9.59 Å². The fourth-order valence-corrected chi connectivity index (χ4v) is 5.79. The number of aliphatic carboxylic acids is 1. The first-order valence-electron chi connectivity index (χ1n) is 11.6. The minimum Gasteiger partial charge on any atom is -0.480 e. The number of alkyl carbamates (subject to hydrolysis) is 1. The molecule has 0 spiro atoms. The highest BCUT2D eigenvalue weighted by atomic mass is 16.5. The van der Waals surface area contributed by atoms with E-state index in [4.69, 9.17) is 9.84 Å². The van der Waals surface area contributed by atoms with Crippen LogP contribution in [0.25, 0.3) is 11.1 Å². The summed E-state index contributed by atoms with van der Waals surface area (Å²) in [5.41, 5.74) is 4.73. The van der Waals surface area contributed by atoms with E-state index >= 15 is 0 Å². The third kappa shape index (κ3) is 3.96. The van der Waals surface area contributed by atoms with Crippen LogP contribution in [0.1, 0.15) is 43.2 Å². The number of carbonyl (C=O) groups is 3. The van der Waals surface area contributed by atoms with Crippen molar-refractivity contribution in [2.24, 2.45) is 17.8 Å². The third-order valence-electron chi connectivity index (χ3n) is 7.57. The predicted molar refractivity (Wildman–Crippen MR) is 122 cm³/mol. The number of amides is 2. The van der Waals surface area contributed by atoms with E-state index in [1.54, 1.807) is 0 Å². The van der Waals surface area contributed by atoms with Gasteiger partial charge in [-0.25, -0.2) is 4.79 Å². The lowest BCUT2D eigenvalue weighted by Gasteiger charge is -2.40. The molecule has 7 heteroatoms. The molecule has 0 heterocycles. The average molecular weight is 449 g/mol. The quantitative estimate of drug-likeness (QED) is 0.627. The van der Waals surface area contributed by atoms with Crippen LogP contribution in [0.2, 0.25) is 0 Å². The Hall–Kier alpha value is -3.35. The largest absolute Gasteiger partial charge is 0.480 e. The van der Waals surface area contributed by atoms with Gasteiger partial charge in [0.25, 0.3) is 0 Å². The Morgan fingerprint density at radius 2 is 1.64 bits per heavy atom. The van der Waals surface area contributed by atoms with Crippen molar-refractivity contribution in [3.63, 3.8) is 0 Å². The summed E-state index contributed by atoms with van der Waals surface area (Å²) in [7, 11) is 0. The van der Waals surface area contributed by atoms with Gasteiger partial charge in [0, 0.05) is 17.9 Å². The van der Waals surface area contributed by atoms with Crippen molar-refractivity contribution in [1.29, 1.82) is 0 Å². The second-order valence-electron chi connectivity index (χ2n) is 9.47. The van der Waals surface area contributed by atoms with Crippen LogP contribution in [0, 0.1) is 17.8 Å². The van der Waals surface area contributed by atoms with E-state index in [0.717, 1.165) is 12.8 Å². The lowest BCUT2D eigenvalue weighted by Crippen LogP contribution is -2.50. The van der Waals surface area contributed by atoms with E-state index in [1.165, 1.54) is 29.2 Å². The van der Waals surface area contributed by atoms with Gasteiger partial charge in [0.2, 0.25) is 5.91 Å². The summed E-state index contributed by atoms with van der Waals surface area (Å²) in [4.78, 5) is 35.9. The van der Waals surface area contributed by atoms with Crippen LogP contribution in [0.5, 0.6) is 0 Å². The number of hydrogen-bond acceptors (Lipinski definition) is 4. The lowest BCUT2D eigenvalue weighted by molar-refractivity contribution is -0.141. The van der Waals surface area contributed by atoms with E-state index < -0.39 is 18.1 Å². The summed E-state index contributed by atoms with van der Waals surface area (Å²) in [6.07, 6.45) is 1.81. The van der Waals surface area contributed by atoms with Crippen molar-refractivity contribution in [1.82, 2.24) is 10.6 Å². The minimum absolute atomic E-state index is 0.000322. The van der Waals surface area contributed by atoms with Gasteiger partial charge in [-0.05, 0) is 60.3 Å². The number of nitrogens with one attached hydrogen (secondary N) is 2. The molecule has 5 rings (SSSR count). The zero-order chi connectivity index (χ0) is 23.1. The molecule has 0 saturated heterocycles. The highest BCUT2D eigenvalue weighted by molar-refractivity contribution is 5.85. The van der Waals surface area contributed by atoms with Crippen LogP contribution in [0.4, 0.5) is 4.79 Å². The van der Waals surface area contributed by atoms with Crippen LogP contribution in [-0.2, 0) is 14.3 Å². The molecule has 2 amide bonds. The van der Waals surface area contributed by atoms with Crippen molar-refractivity contribution >= 4 is 18.0 Å². The second kappa shape index (κ2) is 8.54. The molecular formula is C26H28N2O5. The zero-order valence-corrected chi connectivity index (χ0v) is 18.5.